The zero-order chi connectivity index (χ0) is 25.1. The maximum Gasteiger partial charge on any atom is 0.194 e. The van der Waals surface area contributed by atoms with Crippen LogP contribution in [-0.2, 0) is 6.61 Å². The van der Waals surface area contributed by atoms with Crippen molar-refractivity contribution in [1.82, 2.24) is 0 Å². The van der Waals surface area contributed by atoms with Crippen molar-refractivity contribution in [2.24, 2.45) is 5.73 Å². The largest absolute Gasteiger partial charge is 0.483 e. The van der Waals surface area contributed by atoms with Crippen molar-refractivity contribution < 1.29 is 26.7 Å². The van der Waals surface area contributed by atoms with Crippen LogP contribution in [0.5, 0.6) is 5.75 Å². The van der Waals surface area contributed by atoms with Crippen molar-refractivity contribution in [2.75, 3.05) is 0 Å². The topological polar surface area (TPSA) is 35.2 Å². The van der Waals surface area contributed by atoms with E-state index in [1.807, 2.05) is 43.3 Å². The Labute approximate surface area is 199 Å². The third kappa shape index (κ3) is 5.35. The van der Waals surface area contributed by atoms with Gasteiger partial charge in [-0.1, -0.05) is 55.5 Å². The molecule has 0 aliphatic rings. The summed E-state index contributed by atoms with van der Waals surface area (Å²) in [6, 6.07) is 18.7. The Balaban J connectivity index is 1.51. The van der Waals surface area contributed by atoms with Gasteiger partial charge in [-0.3, -0.25) is 0 Å². The molecule has 0 saturated heterocycles. The Bertz CT molecular complexity index is 1290. The van der Waals surface area contributed by atoms with Crippen LogP contribution < -0.4 is 10.5 Å². The molecule has 0 heterocycles. The SMILES string of the molecule is CCC(N)c1ccc(-c2ccc(-c3cc(F)c(OCc4cc(F)c(F)c(F)c4)c(F)c3)cc2)cc1. The van der Waals surface area contributed by atoms with E-state index in [-0.39, 0.29) is 11.6 Å². The predicted octanol–water partition coefficient (Wildman–Crippen LogP) is 7.70. The van der Waals surface area contributed by atoms with Gasteiger partial charge in [0.15, 0.2) is 34.8 Å². The van der Waals surface area contributed by atoms with Crippen LogP contribution in [0.4, 0.5) is 22.0 Å². The number of ether oxygens (including phenoxy) is 1. The molecule has 0 radical (unpaired) electrons. The highest BCUT2D eigenvalue weighted by molar-refractivity contribution is 5.71. The smallest absolute Gasteiger partial charge is 0.194 e. The molecule has 4 rings (SSSR count). The molecule has 0 amide bonds. The van der Waals surface area contributed by atoms with E-state index in [2.05, 4.69) is 0 Å². The molecule has 1 atom stereocenters. The fraction of sp³-hybridized carbons (Fsp3) is 0.143. The molecule has 4 aromatic carbocycles. The van der Waals surface area contributed by atoms with Crippen LogP contribution in [0.2, 0.25) is 0 Å². The van der Waals surface area contributed by atoms with Gasteiger partial charge in [0.25, 0.3) is 0 Å². The first-order valence-corrected chi connectivity index (χ1v) is 11.0. The van der Waals surface area contributed by atoms with E-state index in [0.717, 1.165) is 35.2 Å². The van der Waals surface area contributed by atoms with Gasteiger partial charge in [0.1, 0.15) is 6.61 Å². The Kier molecular flexibility index (Phi) is 7.17. The minimum Gasteiger partial charge on any atom is -0.483 e. The number of hydrogen-bond acceptors (Lipinski definition) is 2. The second-order valence-electron chi connectivity index (χ2n) is 8.15. The van der Waals surface area contributed by atoms with E-state index >= 15 is 0 Å². The summed E-state index contributed by atoms with van der Waals surface area (Å²) in [7, 11) is 0. The zero-order valence-corrected chi connectivity index (χ0v) is 18.8. The highest BCUT2D eigenvalue weighted by atomic mass is 19.2. The maximum absolute atomic E-state index is 14.6. The van der Waals surface area contributed by atoms with Gasteiger partial charge in [-0.15, -0.1) is 0 Å². The van der Waals surface area contributed by atoms with E-state index in [1.165, 1.54) is 0 Å². The van der Waals surface area contributed by atoms with Crippen LogP contribution in [0, 0.1) is 29.1 Å². The van der Waals surface area contributed by atoms with Crippen molar-refractivity contribution in [2.45, 2.75) is 26.0 Å². The Morgan fingerprint density at radius 1 is 0.657 bits per heavy atom. The van der Waals surface area contributed by atoms with Crippen molar-refractivity contribution in [3.63, 3.8) is 0 Å². The molecule has 0 aromatic heterocycles. The summed E-state index contributed by atoms with van der Waals surface area (Å²) < 4.78 is 74.1. The summed E-state index contributed by atoms with van der Waals surface area (Å²) in [5.74, 6) is -7.10. The summed E-state index contributed by atoms with van der Waals surface area (Å²) in [4.78, 5) is 0. The average molecular weight is 483 g/mol. The molecule has 0 spiro atoms. The lowest BCUT2D eigenvalue weighted by Gasteiger charge is -2.12. The third-order valence-electron chi connectivity index (χ3n) is 5.76. The van der Waals surface area contributed by atoms with Gasteiger partial charge in [0.05, 0.1) is 0 Å². The molecule has 2 nitrogen and oxygen atoms in total. The lowest BCUT2D eigenvalue weighted by molar-refractivity contribution is 0.272. The summed E-state index contributed by atoms with van der Waals surface area (Å²) in [5.41, 5.74) is 9.80. The van der Waals surface area contributed by atoms with Crippen molar-refractivity contribution in [3.05, 3.63) is 113 Å². The van der Waals surface area contributed by atoms with Crippen LogP contribution in [0.15, 0.2) is 72.8 Å². The van der Waals surface area contributed by atoms with Gasteiger partial charge >= 0.3 is 0 Å². The average Bonchev–Trinajstić information content (AvgIpc) is 2.86. The van der Waals surface area contributed by atoms with Crippen LogP contribution in [0.3, 0.4) is 0 Å². The Morgan fingerprint density at radius 3 is 1.60 bits per heavy atom. The van der Waals surface area contributed by atoms with Crippen LogP contribution >= 0.6 is 0 Å². The third-order valence-corrected chi connectivity index (χ3v) is 5.76. The van der Waals surface area contributed by atoms with Gasteiger partial charge < -0.3 is 10.5 Å². The molecule has 4 aromatic rings. The molecule has 0 aliphatic heterocycles. The van der Waals surface area contributed by atoms with Gasteiger partial charge in [0, 0.05) is 6.04 Å². The standard InChI is InChI=1S/C28H22F5NO/c1-2-26(34)20-9-7-18(8-10-20)17-3-5-19(6-4-17)21-13-24(31)28(25(32)14-21)35-15-16-11-22(29)27(33)23(30)12-16/h3-14,26H,2,15,34H2,1H3. The van der Waals surface area contributed by atoms with Crippen molar-refractivity contribution in [3.8, 4) is 28.0 Å². The summed E-state index contributed by atoms with van der Waals surface area (Å²) in [5, 5.41) is 0. The van der Waals surface area contributed by atoms with Crippen molar-refractivity contribution >= 4 is 0 Å². The molecule has 0 fully saturated rings. The van der Waals surface area contributed by atoms with Gasteiger partial charge in [0.2, 0.25) is 0 Å². The fourth-order valence-corrected chi connectivity index (χ4v) is 3.72. The second kappa shape index (κ2) is 10.3. The molecule has 2 N–H and O–H groups in total. The van der Waals surface area contributed by atoms with E-state index in [1.54, 1.807) is 12.1 Å². The molecular weight excluding hydrogens is 461 g/mol. The van der Waals surface area contributed by atoms with Gasteiger partial charge in [-0.25, -0.2) is 22.0 Å². The fourth-order valence-electron chi connectivity index (χ4n) is 3.72. The van der Waals surface area contributed by atoms with E-state index in [9.17, 15) is 22.0 Å². The molecule has 35 heavy (non-hydrogen) atoms. The first-order valence-electron chi connectivity index (χ1n) is 11.0. The van der Waals surface area contributed by atoms with E-state index < -0.39 is 41.4 Å². The number of benzene rings is 4. The molecule has 0 saturated carbocycles. The molecule has 0 bridgehead atoms. The second-order valence-corrected chi connectivity index (χ2v) is 8.15. The van der Waals surface area contributed by atoms with Crippen LogP contribution in [0.25, 0.3) is 22.3 Å². The monoisotopic (exact) mass is 483 g/mol. The molecule has 7 heteroatoms. The number of hydrogen-bond donors (Lipinski definition) is 1. The minimum absolute atomic E-state index is 0.0128. The molecule has 1 unspecified atom stereocenters. The summed E-state index contributed by atoms with van der Waals surface area (Å²) in [6.07, 6.45) is 0.842. The van der Waals surface area contributed by atoms with Crippen LogP contribution in [-0.4, -0.2) is 0 Å². The van der Waals surface area contributed by atoms with Gasteiger partial charge in [-0.05, 0) is 64.1 Å². The molecular formula is C28H22F5NO. The number of rotatable bonds is 7. The highest BCUT2D eigenvalue weighted by Gasteiger charge is 2.16. The van der Waals surface area contributed by atoms with E-state index in [0.29, 0.717) is 23.3 Å². The normalized spacial score (nSPS) is 12.0. The lowest BCUT2D eigenvalue weighted by atomic mass is 9.98. The maximum atomic E-state index is 14.6. The predicted molar refractivity (Wildman–Crippen MR) is 125 cm³/mol. The Morgan fingerprint density at radius 2 is 1.11 bits per heavy atom. The van der Waals surface area contributed by atoms with E-state index in [4.69, 9.17) is 10.5 Å². The summed E-state index contributed by atoms with van der Waals surface area (Å²) >= 11 is 0. The van der Waals surface area contributed by atoms with Crippen molar-refractivity contribution in [1.29, 1.82) is 0 Å². The number of nitrogens with two attached hydrogens (primary N) is 1. The summed E-state index contributed by atoms with van der Waals surface area (Å²) in [6.45, 7) is 1.48. The van der Waals surface area contributed by atoms with Gasteiger partial charge in [-0.2, -0.15) is 0 Å². The first-order chi connectivity index (χ1) is 16.8. The lowest BCUT2D eigenvalue weighted by Crippen LogP contribution is -2.07. The molecule has 0 aliphatic carbocycles. The highest BCUT2D eigenvalue weighted by Crippen LogP contribution is 2.31. The minimum atomic E-state index is -1.63. The quantitative estimate of drug-likeness (QED) is 0.216. The Hall–Kier alpha value is -3.71. The first kappa shape index (κ1) is 24.4. The van der Waals surface area contributed by atoms with Crippen LogP contribution in [0.1, 0.15) is 30.5 Å². The molecule has 180 valence electrons. The number of halogens is 5. The zero-order valence-electron chi connectivity index (χ0n) is 18.8.